The summed E-state index contributed by atoms with van der Waals surface area (Å²) >= 11 is 5.74. The van der Waals surface area contributed by atoms with Gasteiger partial charge in [0.1, 0.15) is 5.88 Å². The van der Waals surface area contributed by atoms with E-state index in [1.165, 1.54) is 12.0 Å². The third kappa shape index (κ3) is 4.45. The summed E-state index contributed by atoms with van der Waals surface area (Å²) in [7, 11) is 0. The smallest absolute Gasteiger partial charge is 0.237 e. The number of hydrogen-bond donors (Lipinski definition) is 0. The van der Waals surface area contributed by atoms with Gasteiger partial charge in [0.25, 0.3) is 0 Å². The number of benzene rings is 1. The van der Waals surface area contributed by atoms with Crippen LogP contribution in [0.2, 0.25) is 0 Å². The highest BCUT2D eigenvalue weighted by molar-refractivity contribution is 6.27. The topological polar surface area (TPSA) is 23.6 Å². The number of rotatable bonds is 6. The van der Waals surface area contributed by atoms with E-state index in [0.29, 0.717) is 6.04 Å². The van der Waals surface area contributed by atoms with Crippen LogP contribution in [-0.4, -0.2) is 46.8 Å². The minimum Gasteiger partial charge on any atom is -0.338 e. The van der Waals surface area contributed by atoms with Crippen LogP contribution in [0.5, 0.6) is 0 Å². The quantitative estimate of drug-likeness (QED) is 0.754. The zero-order valence-electron chi connectivity index (χ0n) is 13.0. The van der Waals surface area contributed by atoms with E-state index in [2.05, 4.69) is 43.0 Å². The highest BCUT2D eigenvalue weighted by atomic mass is 35.5. The average Bonchev–Trinajstić information content (AvgIpc) is 2.92. The molecule has 21 heavy (non-hydrogen) atoms. The third-order valence-corrected chi connectivity index (χ3v) is 4.42. The molecule has 1 aromatic carbocycles. The Morgan fingerprint density at radius 3 is 2.71 bits per heavy atom. The zero-order valence-corrected chi connectivity index (χ0v) is 13.7. The van der Waals surface area contributed by atoms with E-state index in [1.54, 1.807) is 0 Å². The molecule has 1 saturated heterocycles. The fraction of sp³-hybridized carbons (Fsp3) is 0.588. The van der Waals surface area contributed by atoms with E-state index in [1.807, 2.05) is 11.0 Å². The van der Waals surface area contributed by atoms with Crippen LogP contribution in [0.4, 0.5) is 0 Å². The Kier molecular flexibility index (Phi) is 6.07. The fourth-order valence-corrected chi connectivity index (χ4v) is 3.19. The number of carbonyl (C=O) groups excluding carboxylic acids is 1. The van der Waals surface area contributed by atoms with Crippen LogP contribution >= 0.6 is 11.6 Å². The molecule has 4 heteroatoms. The van der Waals surface area contributed by atoms with E-state index in [9.17, 15) is 4.79 Å². The van der Waals surface area contributed by atoms with Crippen LogP contribution in [0.1, 0.15) is 32.3 Å². The molecular weight excluding hydrogens is 284 g/mol. The van der Waals surface area contributed by atoms with Gasteiger partial charge < -0.3 is 4.90 Å². The third-order valence-electron chi connectivity index (χ3n) is 4.19. The predicted molar refractivity (Wildman–Crippen MR) is 87.4 cm³/mol. The van der Waals surface area contributed by atoms with Gasteiger partial charge in [-0.15, -0.1) is 11.6 Å². The minimum absolute atomic E-state index is 0.0400. The summed E-state index contributed by atoms with van der Waals surface area (Å²) in [4.78, 5) is 16.4. The van der Waals surface area contributed by atoms with Gasteiger partial charge in [0.05, 0.1) is 0 Å². The van der Waals surface area contributed by atoms with Gasteiger partial charge in [-0.2, -0.15) is 0 Å². The van der Waals surface area contributed by atoms with Gasteiger partial charge in [0.15, 0.2) is 0 Å². The summed E-state index contributed by atoms with van der Waals surface area (Å²) in [6.45, 7) is 6.98. The molecule has 1 fully saturated rings. The number of halogens is 1. The second-order valence-corrected chi connectivity index (χ2v) is 6.29. The Morgan fingerprint density at radius 2 is 2.10 bits per heavy atom. The van der Waals surface area contributed by atoms with Crippen molar-refractivity contribution in [2.45, 2.75) is 45.3 Å². The Balaban J connectivity index is 1.99. The summed E-state index contributed by atoms with van der Waals surface area (Å²) in [6.07, 6.45) is 2.37. The molecule has 1 aromatic rings. The first-order valence-corrected chi connectivity index (χ1v) is 8.28. The van der Waals surface area contributed by atoms with Gasteiger partial charge in [-0.25, -0.2) is 0 Å². The first-order chi connectivity index (χ1) is 10.1. The van der Waals surface area contributed by atoms with Crippen molar-refractivity contribution in [3.8, 4) is 0 Å². The maximum absolute atomic E-state index is 12.0. The molecule has 0 spiro atoms. The monoisotopic (exact) mass is 308 g/mol. The number of likely N-dealkylation sites (tertiary alicyclic amines) is 1. The summed E-state index contributed by atoms with van der Waals surface area (Å²) < 4.78 is 0. The molecular formula is C17H25ClN2O. The highest BCUT2D eigenvalue weighted by Crippen LogP contribution is 2.21. The second kappa shape index (κ2) is 7.81. The van der Waals surface area contributed by atoms with Crippen molar-refractivity contribution in [1.82, 2.24) is 9.80 Å². The fourth-order valence-electron chi connectivity index (χ4n) is 3.03. The Morgan fingerprint density at radius 1 is 1.38 bits per heavy atom. The van der Waals surface area contributed by atoms with Gasteiger partial charge >= 0.3 is 0 Å². The Hall–Kier alpha value is -1.06. The van der Waals surface area contributed by atoms with E-state index in [4.69, 9.17) is 11.6 Å². The lowest BCUT2D eigenvalue weighted by molar-refractivity contribution is -0.130. The van der Waals surface area contributed by atoms with Crippen LogP contribution in [0.15, 0.2) is 30.3 Å². The maximum Gasteiger partial charge on any atom is 0.237 e. The maximum atomic E-state index is 12.0. The van der Waals surface area contributed by atoms with Gasteiger partial charge in [-0.1, -0.05) is 30.3 Å². The van der Waals surface area contributed by atoms with E-state index in [-0.39, 0.29) is 17.8 Å². The Labute approximate surface area is 132 Å². The lowest BCUT2D eigenvalue weighted by Crippen LogP contribution is -2.46. The molecule has 1 aliphatic heterocycles. The summed E-state index contributed by atoms with van der Waals surface area (Å²) in [6, 6.07) is 11.2. The van der Waals surface area contributed by atoms with Crippen molar-refractivity contribution in [1.29, 1.82) is 0 Å². The van der Waals surface area contributed by atoms with E-state index >= 15 is 0 Å². The number of nitrogens with zero attached hydrogens (tertiary/aromatic N) is 2. The van der Waals surface area contributed by atoms with Crippen LogP contribution in [-0.2, 0) is 11.3 Å². The van der Waals surface area contributed by atoms with Crippen molar-refractivity contribution in [2.24, 2.45) is 0 Å². The SMILES string of the molecule is CC(C)N(C[C@H]1CCCN1Cc1ccccc1)C(=O)CCl. The first kappa shape index (κ1) is 16.3. The van der Waals surface area contributed by atoms with Crippen molar-refractivity contribution in [2.75, 3.05) is 19.0 Å². The molecule has 1 amide bonds. The molecule has 0 aromatic heterocycles. The molecule has 116 valence electrons. The van der Waals surface area contributed by atoms with Gasteiger partial charge in [0.2, 0.25) is 5.91 Å². The largest absolute Gasteiger partial charge is 0.338 e. The molecule has 1 heterocycles. The minimum atomic E-state index is 0.0400. The van der Waals surface area contributed by atoms with Crippen LogP contribution < -0.4 is 0 Å². The average molecular weight is 309 g/mol. The molecule has 0 aliphatic carbocycles. The molecule has 2 rings (SSSR count). The van der Waals surface area contributed by atoms with Gasteiger partial charge in [0, 0.05) is 25.2 Å². The normalized spacial score (nSPS) is 19.1. The molecule has 1 aliphatic rings. The second-order valence-electron chi connectivity index (χ2n) is 6.03. The van der Waals surface area contributed by atoms with Crippen LogP contribution in [0, 0.1) is 0 Å². The number of amides is 1. The van der Waals surface area contributed by atoms with Crippen LogP contribution in [0.25, 0.3) is 0 Å². The van der Waals surface area contributed by atoms with E-state index in [0.717, 1.165) is 26.1 Å². The number of hydrogen-bond acceptors (Lipinski definition) is 2. The zero-order chi connectivity index (χ0) is 15.2. The molecule has 3 nitrogen and oxygen atoms in total. The number of alkyl halides is 1. The van der Waals surface area contributed by atoms with Gasteiger partial charge in [-0.3, -0.25) is 9.69 Å². The first-order valence-electron chi connectivity index (χ1n) is 7.75. The summed E-state index contributed by atoms with van der Waals surface area (Å²) in [5, 5.41) is 0. The van der Waals surface area contributed by atoms with Crippen molar-refractivity contribution in [3.63, 3.8) is 0 Å². The van der Waals surface area contributed by atoms with Crippen molar-refractivity contribution in [3.05, 3.63) is 35.9 Å². The van der Waals surface area contributed by atoms with Crippen molar-refractivity contribution < 1.29 is 4.79 Å². The van der Waals surface area contributed by atoms with Gasteiger partial charge in [-0.05, 0) is 38.8 Å². The molecule has 0 saturated carbocycles. The lowest BCUT2D eigenvalue weighted by atomic mass is 10.1. The molecule has 0 unspecified atom stereocenters. The highest BCUT2D eigenvalue weighted by Gasteiger charge is 2.28. The summed E-state index contributed by atoms with van der Waals surface area (Å²) in [5.74, 6) is 0.113. The summed E-state index contributed by atoms with van der Waals surface area (Å²) in [5.41, 5.74) is 1.34. The predicted octanol–water partition coefficient (Wildman–Crippen LogP) is 3.13. The molecule has 0 bridgehead atoms. The molecule has 0 N–H and O–H groups in total. The molecule has 1 atom stereocenters. The molecule has 0 radical (unpaired) electrons. The lowest BCUT2D eigenvalue weighted by Gasteiger charge is -2.33. The van der Waals surface area contributed by atoms with Crippen molar-refractivity contribution >= 4 is 17.5 Å². The Bertz CT molecular complexity index is 449. The standard InChI is InChI=1S/C17H25ClN2O/c1-14(2)20(17(21)11-18)13-16-9-6-10-19(16)12-15-7-4-3-5-8-15/h3-5,7-8,14,16H,6,9-13H2,1-2H3/t16-/m1/s1. The van der Waals surface area contributed by atoms with E-state index < -0.39 is 0 Å². The number of carbonyl (C=O) groups is 1. The van der Waals surface area contributed by atoms with Crippen LogP contribution in [0.3, 0.4) is 0 Å².